The normalized spacial score (nSPS) is 22.3. The van der Waals surface area contributed by atoms with Crippen molar-refractivity contribution in [3.63, 3.8) is 0 Å². The Kier molecular flexibility index (Phi) is 2.57. The van der Waals surface area contributed by atoms with E-state index in [1.807, 2.05) is 4.90 Å². The first kappa shape index (κ1) is 8.17. The van der Waals surface area contributed by atoms with Gasteiger partial charge in [0, 0.05) is 13.1 Å². The van der Waals surface area contributed by atoms with E-state index in [1.165, 1.54) is 0 Å². The van der Waals surface area contributed by atoms with Crippen molar-refractivity contribution in [2.75, 3.05) is 13.1 Å². The van der Waals surface area contributed by atoms with Crippen LogP contribution < -0.4 is 5.73 Å². The number of likely N-dealkylation sites (tertiary alicyclic amines) is 1. The molecule has 0 aromatic heterocycles. The summed E-state index contributed by atoms with van der Waals surface area (Å²) >= 11 is 0. The van der Waals surface area contributed by atoms with Gasteiger partial charge in [0.15, 0.2) is 0 Å². The highest BCUT2D eigenvalue weighted by Gasteiger charge is 2.16. The molecule has 0 radical (unpaired) electrons. The molecule has 0 amide bonds. The summed E-state index contributed by atoms with van der Waals surface area (Å²) in [4.78, 5) is 1.90. The molecule has 64 valence electrons. The number of nitrogens with two attached hydrogens (primary N) is 1. The van der Waals surface area contributed by atoms with Crippen LogP contribution in [-0.4, -0.2) is 29.2 Å². The van der Waals surface area contributed by atoms with E-state index in [1.54, 1.807) is 0 Å². The average Bonchev–Trinajstić information content (AvgIpc) is 2.05. The van der Waals surface area contributed by atoms with Gasteiger partial charge in [0.25, 0.3) is 0 Å². The predicted molar refractivity (Wildman–Crippen MR) is 43.4 cm³/mol. The second-order valence-electron chi connectivity index (χ2n) is 3.13. The molecule has 1 saturated heterocycles. The monoisotopic (exact) mass is 157 g/mol. The summed E-state index contributed by atoms with van der Waals surface area (Å²) in [5, 5.41) is 11.3. The van der Waals surface area contributed by atoms with Gasteiger partial charge in [-0.2, -0.15) is 0 Å². The summed E-state index contributed by atoms with van der Waals surface area (Å²) in [7, 11) is 0. The highest BCUT2D eigenvalue weighted by molar-refractivity contribution is 5.77. The Hall–Kier alpha value is -0.930. The molecule has 0 aromatic carbocycles. The first-order valence-corrected chi connectivity index (χ1v) is 3.96. The van der Waals surface area contributed by atoms with Crippen LogP contribution >= 0.6 is 0 Å². The zero-order chi connectivity index (χ0) is 8.27. The highest BCUT2D eigenvalue weighted by atomic mass is 16.4. The zero-order valence-corrected chi connectivity index (χ0v) is 6.82. The molecule has 0 bridgehead atoms. The molecule has 1 fully saturated rings. The van der Waals surface area contributed by atoms with E-state index in [0.717, 1.165) is 31.8 Å². The van der Waals surface area contributed by atoms with Crippen LogP contribution in [0.3, 0.4) is 0 Å². The lowest BCUT2D eigenvalue weighted by Crippen LogP contribution is -2.42. The van der Waals surface area contributed by atoms with E-state index >= 15 is 0 Å². The molecule has 4 heteroatoms. The van der Waals surface area contributed by atoms with Crippen molar-refractivity contribution >= 4 is 5.96 Å². The molecule has 1 rings (SSSR count). The van der Waals surface area contributed by atoms with Crippen molar-refractivity contribution in [1.29, 1.82) is 0 Å². The number of piperidine rings is 1. The summed E-state index contributed by atoms with van der Waals surface area (Å²) in [5.41, 5.74) is 5.42. The van der Waals surface area contributed by atoms with Gasteiger partial charge in [0.2, 0.25) is 5.96 Å². The highest BCUT2D eigenvalue weighted by Crippen LogP contribution is 2.15. The van der Waals surface area contributed by atoms with Crippen LogP contribution in [0.25, 0.3) is 0 Å². The zero-order valence-electron chi connectivity index (χ0n) is 6.82. The SMILES string of the molecule is CC1CCN(/C(N)=N/O)CC1. The van der Waals surface area contributed by atoms with Gasteiger partial charge < -0.3 is 15.8 Å². The Balaban J connectivity index is 2.39. The van der Waals surface area contributed by atoms with Gasteiger partial charge in [-0.25, -0.2) is 0 Å². The summed E-state index contributed by atoms with van der Waals surface area (Å²) in [6.45, 7) is 4.05. The van der Waals surface area contributed by atoms with E-state index in [4.69, 9.17) is 10.9 Å². The van der Waals surface area contributed by atoms with Crippen molar-refractivity contribution < 1.29 is 5.21 Å². The van der Waals surface area contributed by atoms with Crippen LogP contribution in [0.15, 0.2) is 5.16 Å². The van der Waals surface area contributed by atoms with Crippen molar-refractivity contribution in [3.8, 4) is 0 Å². The fourth-order valence-electron chi connectivity index (χ4n) is 1.30. The molecule has 0 spiro atoms. The van der Waals surface area contributed by atoms with Crippen molar-refractivity contribution in [2.24, 2.45) is 16.8 Å². The van der Waals surface area contributed by atoms with Crippen molar-refractivity contribution in [2.45, 2.75) is 19.8 Å². The summed E-state index contributed by atoms with van der Waals surface area (Å²) < 4.78 is 0. The topological polar surface area (TPSA) is 61.8 Å². The molecule has 0 aliphatic carbocycles. The second-order valence-corrected chi connectivity index (χ2v) is 3.13. The van der Waals surface area contributed by atoms with Gasteiger partial charge in [-0.05, 0) is 18.8 Å². The van der Waals surface area contributed by atoms with Crippen LogP contribution in [0.5, 0.6) is 0 Å². The first-order valence-electron chi connectivity index (χ1n) is 3.96. The van der Waals surface area contributed by atoms with E-state index in [0.29, 0.717) is 0 Å². The number of nitrogens with zero attached hydrogens (tertiary/aromatic N) is 2. The third-order valence-corrected chi connectivity index (χ3v) is 2.21. The average molecular weight is 157 g/mol. The Morgan fingerprint density at radius 1 is 1.55 bits per heavy atom. The third kappa shape index (κ3) is 2.00. The quantitative estimate of drug-likeness (QED) is 0.232. The lowest BCUT2D eigenvalue weighted by molar-refractivity contribution is 0.254. The van der Waals surface area contributed by atoms with Gasteiger partial charge in [-0.15, -0.1) is 0 Å². The van der Waals surface area contributed by atoms with Crippen LogP contribution in [0.1, 0.15) is 19.8 Å². The molecule has 11 heavy (non-hydrogen) atoms. The Labute approximate surface area is 66.7 Å². The second kappa shape index (κ2) is 3.46. The molecule has 0 unspecified atom stereocenters. The molecule has 4 nitrogen and oxygen atoms in total. The predicted octanol–water partition coefficient (Wildman–Crippen LogP) is 0.422. The number of rotatable bonds is 0. The molecule has 1 aliphatic heterocycles. The van der Waals surface area contributed by atoms with Gasteiger partial charge >= 0.3 is 0 Å². The maximum Gasteiger partial charge on any atom is 0.233 e. The lowest BCUT2D eigenvalue weighted by atomic mass is 10.00. The molecule has 0 saturated carbocycles. The van der Waals surface area contributed by atoms with E-state index in [9.17, 15) is 0 Å². The number of hydrogen-bond acceptors (Lipinski definition) is 2. The summed E-state index contributed by atoms with van der Waals surface area (Å²) in [6, 6.07) is 0. The summed E-state index contributed by atoms with van der Waals surface area (Å²) in [5.74, 6) is 1.02. The number of guanidine groups is 1. The molecule has 1 heterocycles. The van der Waals surface area contributed by atoms with Gasteiger partial charge in [0.05, 0.1) is 0 Å². The minimum Gasteiger partial charge on any atom is -0.408 e. The van der Waals surface area contributed by atoms with Gasteiger partial charge in [-0.1, -0.05) is 12.1 Å². The molecule has 1 aliphatic rings. The fourth-order valence-corrected chi connectivity index (χ4v) is 1.30. The number of oxime groups is 1. The lowest BCUT2D eigenvalue weighted by Gasteiger charge is -2.30. The minimum atomic E-state index is 0.247. The summed E-state index contributed by atoms with van der Waals surface area (Å²) in [6.07, 6.45) is 2.27. The fraction of sp³-hybridized carbons (Fsp3) is 0.857. The van der Waals surface area contributed by atoms with Gasteiger partial charge in [0.1, 0.15) is 0 Å². The molecular weight excluding hydrogens is 142 g/mol. The van der Waals surface area contributed by atoms with Crippen molar-refractivity contribution in [1.82, 2.24) is 4.90 Å². The standard InChI is InChI=1S/C7H15N3O/c1-6-2-4-10(5-3-6)7(8)9-11/h6,11H,2-5H2,1H3,(H2,8,9). The van der Waals surface area contributed by atoms with E-state index < -0.39 is 0 Å². The Bertz CT molecular complexity index is 150. The van der Waals surface area contributed by atoms with Crippen LogP contribution in [-0.2, 0) is 0 Å². The smallest absolute Gasteiger partial charge is 0.233 e. The molecule has 0 atom stereocenters. The molecule has 0 aromatic rings. The largest absolute Gasteiger partial charge is 0.408 e. The Morgan fingerprint density at radius 2 is 2.09 bits per heavy atom. The Morgan fingerprint density at radius 3 is 2.55 bits per heavy atom. The van der Waals surface area contributed by atoms with Crippen molar-refractivity contribution in [3.05, 3.63) is 0 Å². The number of hydrogen-bond donors (Lipinski definition) is 2. The minimum absolute atomic E-state index is 0.247. The molecule has 3 N–H and O–H groups in total. The van der Waals surface area contributed by atoms with Crippen LogP contribution in [0, 0.1) is 5.92 Å². The van der Waals surface area contributed by atoms with E-state index in [-0.39, 0.29) is 5.96 Å². The maximum atomic E-state index is 8.37. The van der Waals surface area contributed by atoms with E-state index in [2.05, 4.69) is 12.1 Å². The maximum absolute atomic E-state index is 8.37. The van der Waals surface area contributed by atoms with Gasteiger partial charge in [-0.3, -0.25) is 0 Å². The van der Waals surface area contributed by atoms with Crippen LogP contribution in [0.4, 0.5) is 0 Å². The molecular formula is C7H15N3O. The van der Waals surface area contributed by atoms with Crippen LogP contribution in [0.2, 0.25) is 0 Å². The first-order chi connectivity index (χ1) is 5.24. The third-order valence-electron chi connectivity index (χ3n) is 2.21.